The molecular formula is C18H22N2O5. The Balaban J connectivity index is 1.56. The summed E-state index contributed by atoms with van der Waals surface area (Å²) >= 11 is 0. The molecule has 0 N–H and O–H groups in total. The summed E-state index contributed by atoms with van der Waals surface area (Å²) in [5.74, 6) is -0.709. The van der Waals surface area contributed by atoms with Gasteiger partial charge >= 0.3 is 12.1 Å². The number of piperidine rings is 1. The monoisotopic (exact) mass is 346 g/mol. The zero-order valence-electron chi connectivity index (χ0n) is 14.2. The molecule has 2 amide bonds. The summed E-state index contributed by atoms with van der Waals surface area (Å²) in [7, 11) is 1.36. The summed E-state index contributed by atoms with van der Waals surface area (Å²) < 4.78 is 10.1. The normalized spacial score (nSPS) is 23.0. The third kappa shape index (κ3) is 3.92. The van der Waals surface area contributed by atoms with Crippen molar-refractivity contribution >= 4 is 18.0 Å². The molecule has 2 heterocycles. The zero-order chi connectivity index (χ0) is 17.8. The average Bonchev–Trinajstić information content (AvgIpc) is 2.66. The number of esters is 1. The molecule has 0 bridgehead atoms. The summed E-state index contributed by atoms with van der Waals surface area (Å²) in [6.45, 7) is 0.970. The van der Waals surface area contributed by atoms with E-state index in [0.717, 1.165) is 5.56 Å². The first-order chi connectivity index (χ1) is 12.1. The molecule has 1 aromatic carbocycles. The molecule has 2 atom stereocenters. The third-order valence-electron chi connectivity index (χ3n) is 4.78. The molecule has 0 radical (unpaired) electrons. The first kappa shape index (κ1) is 17.3. The second kappa shape index (κ2) is 7.55. The van der Waals surface area contributed by atoms with Crippen LogP contribution in [0.3, 0.4) is 0 Å². The Morgan fingerprint density at radius 1 is 1.16 bits per heavy atom. The van der Waals surface area contributed by atoms with E-state index in [1.54, 1.807) is 4.90 Å². The smallest absolute Gasteiger partial charge is 0.410 e. The molecule has 7 heteroatoms. The molecule has 0 aliphatic carbocycles. The van der Waals surface area contributed by atoms with Crippen molar-refractivity contribution in [1.82, 2.24) is 9.80 Å². The van der Waals surface area contributed by atoms with Gasteiger partial charge in [0.2, 0.25) is 5.91 Å². The third-order valence-corrected chi connectivity index (χ3v) is 4.78. The van der Waals surface area contributed by atoms with Crippen LogP contribution in [0.15, 0.2) is 30.3 Å². The molecule has 2 unspecified atom stereocenters. The van der Waals surface area contributed by atoms with Crippen LogP contribution in [-0.4, -0.2) is 60.6 Å². The van der Waals surface area contributed by atoms with Gasteiger partial charge in [0, 0.05) is 19.1 Å². The Bertz CT molecular complexity index is 648. The van der Waals surface area contributed by atoms with Crippen molar-refractivity contribution in [3.05, 3.63) is 35.9 Å². The summed E-state index contributed by atoms with van der Waals surface area (Å²) in [5.41, 5.74) is 0.902. The summed E-state index contributed by atoms with van der Waals surface area (Å²) in [6.07, 6.45) is 0.856. The van der Waals surface area contributed by atoms with E-state index in [1.165, 1.54) is 12.0 Å². The Hall–Kier alpha value is -2.57. The van der Waals surface area contributed by atoms with Crippen molar-refractivity contribution < 1.29 is 23.9 Å². The second-order valence-electron chi connectivity index (χ2n) is 6.42. The van der Waals surface area contributed by atoms with Gasteiger partial charge in [0.15, 0.2) is 0 Å². The Morgan fingerprint density at radius 3 is 2.64 bits per heavy atom. The van der Waals surface area contributed by atoms with Crippen LogP contribution in [0.5, 0.6) is 0 Å². The minimum Gasteiger partial charge on any atom is -0.469 e. The van der Waals surface area contributed by atoms with Gasteiger partial charge < -0.3 is 14.4 Å². The van der Waals surface area contributed by atoms with Gasteiger partial charge in [0.25, 0.3) is 0 Å². The van der Waals surface area contributed by atoms with Crippen LogP contribution >= 0.6 is 0 Å². The molecule has 0 aromatic heterocycles. The Morgan fingerprint density at radius 2 is 1.92 bits per heavy atom. The van der Waals surface area contributed by atoms with Crippen molar-refractivity contribution in [1.29, 1.82) is 0 Å². The predicted molar refractivity (Wildman–Crippen MR) is 88.4 cm³/mol. The highest BCUT2D eigenvalue weighted by atomic mass is 16.6. The number of nitrogens with zero attached hydrogens (tertiary/aromatic N) is 2. The van der Waals surface area contributed by atoms with Crippen molar-refractivity contribution in [2.24, 2.45) is 5.92 Å². The van der Waals surface area contributed by atoms with Gasteiger partial charge in [-0.25, -0.2) is 4.79 Å². The molecule has 2 fully saturated rings. The van der Waals surface area contributed by atoms with Crippen molar-refractivity contribution in [2.75, 3.05) is 26.7 Å². The number of amides is 2. The average molecular weight is 346 g/mol. The van der Waals surface area contributed by atoms with Gasteiger partial charge in [-0.3, -0.25) is 14.5 Å². The standard InChI is InChI=1S/C18H22N2O5/c1-24-17(22)14-7-8-15-10-19(11-16(21)20(15)9-14)18(23)25-12-13-5-3-2-4-6-13/h2-6,14-15H,7-12H2,1H3. The minimum absolute atomic E-state index is 0.0159. The van der Waals surface area contributed by atoms with Gasteiger partial charge in [-0.15, -0.1) is 0 Å². The molecule has 1 aromatic rings. The van der Waals surface area contributed by atoms with Gasteiger partial charge in [0.05, 0.1) is 13.0 Å². The van der Waals surface area contributed by atoms with Gasteiger partial charge in [-0.1, -0.05) is 30.3 Å². The predicted octanol–water partition coefficient (Wildman–Crippen LogP) is 1.42. The van der Waals surface area contributed by atoms with Gasteiger partial charge in [-0.2, -0.15) is 0 Å². The molecular weight excluding hydrogens is 324 g/mol. The quantitative estimate of drug-likeness (QED) is 0.774. The van der Waals surface area contributed by atoms with E-state index < -0.39 is 6.09 Å². The van der Waals surface area contributed by atoms with Crippen LogP contribution < -0.4 is 0 Å². The number of fused-ring (bicyclic) bond motifs is 1. The van der Waals surface area contributed by atoms with Crippen LogP contribution in [-0.2, 0) is 25.7 Å². The lowest BCUT2D eigenvalue weighted by molar-refractivity contribution is -0.153. The fourth-order valence-corrected chi connectivity index (χ4v) is 3.40. The fourth-order valence-electron chi connectivity index (χ4n) is 3.40. The Kier molecular flexibility index (Phi) is 5.21. The number of carbonyl (C=O) groups excluding carboxylic acids is 3. The van der Waals surface area contributed by atoms with E-state index in [1.807, 2.05) is 30.3 Å². The molecule has 134 valence electrons. The van der Waals surface area contributed by atoms with E-state index in [2.05, 4.69) is 0 Å². The number of rotatable bonds is 3. The van der Waals surface area contributed by atoms with Crippen LogP contribution in [0.25, 0.3) is 0 Å². The maximum atomic E-state index is 12.4. The minimum atomic E-state index is -0.480. The fraction of sp³-hybridized carbons (Fsp3) is 0.500. The lowest BCUT2D eigenvalue weighted by Gasteiger charge is -2.44. The van der Waals surface area contributed by atoms with Crippen molar-refractivity contribution in [3.63, 3.8) is 0 Å². The first-order valence-corrected chi connectivity index (χ1v) is 8.41. The maximum absolute atomic E-state index is 12.4. The molecule has 3 rings (SSSR count). The van der Waals surface area contributed by atoms with Crippen molar-refractivity contribution in [2.45, 2.75) is 25.5 Å². The highest BCUT2D eigenvalue weighted by Gasteiger charge is 2.41. The molecule has 2 saturated heterocycles. The van der Waals surface area contributed by atoms with Crippen molar-refractivity contribution in [3.8, 4) is 0 Å². The largest absolute Gasteiger partial charge is 0.469 e. The number of carbonyl (C=O) groups is 3. The number of benzene rings is 1. The second-order valence-corrected chi connectivity index (χ2v) is 6.42. The van der Waals surface area contributed by atoms with Crippen LogP contribution in [0.1, 0.15) is 18.4 Å². The zero-order valence-corrected chi connectivity index (χ0v) is 14.2. The highest BCUT2D eigenvalue weighted by molar-refractivity contribution is 5.85. The number of hydrogen-bond acceptors (Lipinski definition) is 5. The van der Waals surface area contributed by atoms with E-state index in [-0.39, 0.29) is 37.0 Å². The van der Waals surface area contributed by atoms with Crippen LogP contribution in [0.2, 0.25) is 0 Å². The first-order valence-electron chi connectivity index (χ1n) is 8.41. The van der Waals surface area contributed by atoms with Crippen LogP contribution in [0, 0.1) is 5.92 Å². The molecule has 25 heavy (non-hydrogen) atoms. The van der Waals surface area contributed by atoms with E-state index in [4.69, 9.17) is 9.47 Å². The molecule has 0 spiro atoms. The SMILES string of the molecule is COC(=O)C1CCC2CN(C(=O)OCc3ccccc3)CC(=O)N2C1. The van der Waals surface area contributed by atoms with E-state index in [9.17, 15) is 14.4 Å². The van der Waals surface area contributed by atoms with E-state index in [0.29, 0.717) is 25.9 Å². The van der Waals surface area contributed by atoms with E-state index >= 15 is 0 Å². The Labute approximate surface area is 146 Å². The topological polar surface area (TPSA) is 76.1 Å². The molecule has 2 aliphatic heterocycles. The van der Waals surface area contributed by atoms with Gasteiger partial charge in [-0.05, 0) is 18.4 Å². The number of methoxy groups -OCH3 is 1. The van der Waals surface area contributed by atoms with Gasteiger partial charge in [0.1, 0.15) is 13.2 Å². The molecule has 2 aliphatic rings. The maximum Gasteiger partial charge on any atom is 0.410 e. The lowest BCUT2D eigenvalue weighted by Crippen LogP contribution is -2.61. The molecule has 0 saturated carbocycles. The van der Waals surface area contributed by atoms with Crippen LogP contribution in [0.4, 0.5) is 4.79 Å². The number of ether oxygens (including phenoxy) is 2. The molecule has 7 nitrogen and oxygen atoms in total. The summed E-state index contributed by atoms with van der Waals surface area (Å²) in [5, 5.41) is 0. The number of piperazine rings is 1. The summed E-state index contributed by atoms with van der Waals surface area (Å²) in [4.78, 5) is 39.5. The summed E-state index contributed by atoms with van der Waals surface area (Å²) in [6, 6.07) is 9.35. The highest BCUT2D eigenvalue weighted by Crippen LogP contribution is 2.26. The number of hydrogen-bond donors (Lipinski definition) is 0. The lowest BCUT2D eigenvalue weighted by atomic mass is 9.91.